The molecule has 0 unspecified atom stereocenters. The minimum absolute atomic E-state index is 0.0226. The van der Waals surface area contributed by atoms with Gasteiger partial charge in [-0.15, -0.1) is 0 Å². The molecule has 68 heavy (non-hydrogen) atoms. The number of sulfonamides is 1. The minimum Gasteiger partial charge on any atom is -0.475 e. The number of carbonyl (C=O) groups is 1. The van der Waals surface area contributed by atoms with Gasteiger partial charge in [0.15, 0.2) is 0 Å². The SMILES string of the molecule is CC1(C)CCC(CN2CCN(c3ccc(C(=O)NS(=O)(=O)c4ccc(NCC5(F)CCOCC5)c([N+](=O)[O-])c4)c(N4C[C@@H](C#N)COc5nc6[nH]ccc6cc54)c3)CC2)=C(c2ccc(Cl)cc2)C1. The van der Waals surface area contributed by atoms with Gasteiger partial charge in [-0.1, -0.05) is 43.2 Å². The maximum atomic E-state index is 15.4. The van der Waals surface area contributed by atoms with Crippen LogP contribution in [0.3, 0.4) is 0 Å². The number of nitriles is 1. The van der Waals surface area contributed by atoms with Gasteiger partial charge in [0.1, 0.15) is 29.3 Å². The Bertz CT molecular complexity index is 2930. The standard InChI is InChI=1S/C49H53ClFN9O7S/c1-48(2)13-11-35(40(26-48)33-3-5-36(50)6-4-33)29-57-17-19-58(20-18-57)37-7-9-39(42(24-37)59-28-32(27-52)30-67-47-44(59)23-34-12-16-53-45(34)55-47)46(61)56-68(64,65)38-8-10-41(43(25-38)60(62)63)54-31-49(51)14-21-66-22-15-49/h3-10,12,16,23-25,32,54H,11,13-15,17-22,26,28-31H2,1-2H3,(H,53,55)(H,56,61)/t32-/m1/s1. The number of H-pyrrole nitrogens is 1. The van der Waals surface area contributed by atoms with Gasteiger partial charge in [-0.05, 0) is 90.4 Å². The summed E-state index contributed by atoms with van der Waals surface area (Å²) < 4.78 is 56.8. The fourth-order valence-corrected chi connectivity index (χ4v) is 10.6. The lowest BCUT2D eigenvalue weighted by molar-refractivity contribution is -0.384. The molecule has 3 aromatic carbocycles. The molecule has 3 N–H and O–H groups in total. The number of anilines is 4. The molecule has 0 saturated carbocycles. The predicted octanol–water partition coefficient (Wildman–Crippen LogP) is 8.63. The first-order chi connectivity index (χ1) is 32.6. The molecule has 5 heterocycles. The number of rotatable bonds is 12. The van der Waals surface area contributed by atoms with Gasteiger partial charge < -0.3 is 29.6 Å². The molecular weight excluding hydrogens is 913 g/mol. The molecule has 0 bridgehead atoms. The molecule has 5 aromatic rings. The number of pyridine rings is 1. The highest BCUT2D eigenvalue weighted by molar-refractivity contribution is 7.90. The number of fused-ring (bicyclic) bond motifs is 2. The summed E-state index contributed by atoms with van der Waals surface area (Å²) in [6.07, 6.45) is 5.06. The Morgan fingerprint density at radius 3 is 2.53 bits per heavy atom. The summed E-state index contributed by atoms with van der Waals surface area (Å²) >= 11 is 6.27. The predicted molar refractivity (Wildman–Crippen MR) is 259 cm³/mol. The fraction of sp³-hybridized carbons (Fsp3) is 0.408. The number of nitrogens with zero attached hydrogens (tertiary/aromatic N) is 6. The van der Waals surface area contributed by atoms with Crippen LogP contribution in [0.1, 0.15) is 61.9 Å². The van der Waals surface area contributed by atoms with Crippen LogP contribution in [0.5, 0.6) is 5.88 Å². The third-order valence-electron chi connectivity index (χ3n) is 13.5. The molecule has 2 fully saturated rings. The van der Waals surface area contributed by atoms with E-state index in [1.165, 1.54) is 22.8 Å². The first-order valence-electron chi connectivity index (χ1n) is 22.8. The largest absolute Gasteiger partial charge is 0.475 e. The van der Waals surface area contributed by atoms with Crippen molar-refractivity contribution in [3.8, 4) is 11.9 Å². The maximum Gasteiger partial charge on any atom is 0.293 e. The van der Waals surface area contributed by atoms with Crippen molar-refractivity contribution in [2.45, 2.75) is 56.5 Å². The molecule has 1 aliphatic carbocycles. The van der Waals surface area contributed by atoms with E-state index in [1.54, 1.807) is 23.2 Å². The van der Waals surface area contributed by atoms with Crippen molar-refractivity contribution in [3.63, 3.8) is 0 Å². The molecule has 2 saturated heterocycles. The molecule has 1 atom stereocenters. The Balaban J connectivity index is 1.01. The number of hydrogen-bond acceptors (Lipinski definition) is 13. The summed E-state index contributed by atoms with van der Waals surface area (Å²) in [5.74, 6) is -1.44. The number of allylic oxidation sites excluding steroid dienone is 1. The molecule has 9 rings (SSSR count). The number of hydrogen-bond donors (Lipinski definition) is 3. The van der Waals surface area contributed by atoms with Crippen LogP contribution >= 0.6 is 11.6 Å². The Morgan fingerprint density at radius 1 is 1.03 bits per heavy atom. The van der Waals surface area contributed by atoms with Crippen LogP contribution in [-0.4, -0.2) is 105 Å². The fourth-order valence-electron chi connectivity index (χ4n) is 9.52. The van der Waals surface area contributed by atoms with Gasteiger partial charge in [-0.2, -0.15) is 10.2 Å². The first-order valence-corrected chi connectivity index (χ1v) is 24.7. The topological polar surface area (TPSA) is 199 Å². The normalized spacial score (nSPS) is 19.7. The van der Waals surface area contributed by atoms with Crippen molar-refractivity contribution in [1.29, 1.82) is 5.26 Å². The molecule has 4 aliphatic rings. The van der Waals surface area contributed by atoms with Gasteiger partial charge in [0.05, 0.1) is 33.1 Å². The molecule has 3 aliphatic heterocycles. The Hall–Kier alpha value is -6.26. The number of aromatic nitrogens is 2. The van der Waals surface area contributed by atoms with Crippen molar-refractivity contribution in [2.24, 2.45) is 11.3 Å². The molecule has 16 nitrogen and oxygen atoms in total. The summed E-state index contributed by atoms with van der Waals surface area (Å²) in [4.78, 5) is 39.6. The third kappa shape index (κ3) is 10.1. The van der Waals surface area contributed by atoms with E-state index in [9.17, 15) is 28.6 Å². The summed E-state index contributed by atoms with van der Waals surface area (Å²) in [7, 11) is -4.72. The zero-order chi connectivity index (χ0) is 47.8. The average molecular weight is 967 g/mol. The van der Waals surface area contributed by atoms with E-state index < -0.39 is 43.0 Å². The van der Waals surface area contributed by atoms with Crippen LogP contribution in [-0.2, 0) is 14.8 Å². The zero-order valence-corrected chi connectivity index (χ0v) is 39.5. The molecule has 19 heteroatoms. The Labute approximate surface area is 399 Å². The van der Waals surface area contributed by atoms with Crippen molar-refractivity contribution in [3.05, 3.63) is 111 Å². The number of nitro groups is 1. The number of nitrogens with one attached hydrogen (secondary N) is 3. The maximum absolute atomic E-state index is 15.4. The number of benzene rings is 3. The Morgan fingerprint density at radius 2 is 1.79 bits per heavy atom. The Kier molecular flexibility index (Phi) is 13.1. The van der Waals surface area contributed by atoms with Gasteiger partial charge in [0.25, 0.3) is 21.6 Å². The average Bonchev–Trinajstić information content (AvgIpc) is 3.71. The monoisotopic (exact) mass is 965 g/mol. The van der Waals surface area contributed by atoms with Crippen LogP contribution in [0.2, 0.25) is 5.02 Å². The van der Waals surface area contributed by atoms with E-state index in [-0.39, 0.29) is 68.3 Å². The van der Waals surface area contributed by atoms with Crippen LogP contribution in [0, 0.1) is 32.8 Å². The smallest absolute Gasteiger partial charge is 0.293 e. The van der Waals surface area contributed by atoms with Gasteiger partial charge >= 0.3 is 0 Å². The number of nitro benzene ring substituents is 1. The van der Waals surface area contributed by atoms with E-state index in [0.717, 1.165) is 62.1 Å². The number of amides is 1. The molecule has 1 amide bonds. The van der Waals surface area contributed by atoms with E-state index in [0.29, 0.717) is 35.1 Å². The number of piperazine rings is 1. The molecule has 0 radical (unpaired) electrons. The zero-order valence-electron chi connectivity index (χ0n) is 37.9. The first kappa shape index (κ1) is 46.8. The van der Waals surface area contributed by atoms with Gasteiger partial charge in [-0.25, -0.2) is 17.5 Å². The number of ether oxygens (including phenoxy) is 2. The van der Waals surface area contributed by atoms with Gasteiger partial charge in [-0.3, -0.25) is 19.8 Å². The van der Waals surface area contributed by atoms with Gasteiger partial charge in [0, 0.05) is 100 Å². The van der Waals surface area contributed by atoms with Crippen LogP contribution in [0.25, 0.3) is 16.6 Å². The molecule has 356 valence electrons. The third-order valence-corrected chi connectivity index (χ3v) is 15.1. The summed E-state index contributed by atoms with van der Waals surface area (Å²) in [6, 6.07) is 22.4. The number of carbonyl (C=O) groups excluding carboxylic acids is 1. The lowest BCUT2D eigenvalue weighted by Gasteiger charge is -2.39. The highest BCUT2D eigenvalue weighted by Gasteiger charge is 2.35. The van der Waals surface area contributed by atoms with Crippen LogP contribution in [0.4, 0.5) is 32.8 Å². The quantitative estimate of drug-likeness (QED) is 0.0794. The van der Waals surface area contributed by atoms with Crippen LogP contribution < -0.4 is 24.6 Å². The lowest BCUT2D eigenvalue weighted by Crippen LogP contribution is -2.47. The van der Waals surface area contributed by atoms with E-state index >= 15 is 4.39 Å². The minimum atomic E-state index is -4.72. The van der Waals surface area contributed by atoms with Crippen molar-refractivity contribution in [2.75, 3.05) is 80.8 Å². The van der Waals surface area contributed by atoms with E-state index in [4.69, 9.17) is 26.1 Å². The second kappa shape index (κ2) is 19.0. The highest BCUT2D eigenvalue weighted by atomic mass is 35.5. The van der Waals surface area contributed by atoms with Crippen molar-refractivity contribution < 1.29 is 32.0 Å². The van der Waals surface area contributed by atoms with Crippen molar-refractivity contribution in [1.82, 2.24) is 19.6 Å². The van der Waals surface area contributed by atoms with Gasteiger partial charge in [0.2, 0.25) is 5.88 Å². The van der Waals surface area contributed by atoms with Crippen LogP contribution in [0.15, 0.2) is 89.5 Å². The molecule has 0 spiro atoms. The second-order valence-corrected chi connectivity index (χ2v) is 21.0. The molecular formula is C49H53ClFN9O7S. The number of aromatic amines is 1. The lowest BCUT2D eigenvalue weighted by atomic mass is 9.72. The van der Waals surface area contributed by atoms with E-state index in [1.807, 2.05) is 30.3 Å². The van der Waals surface area contributed by atoms with E-state index in [2.05, 4.69) is 56.9 Å². The summed E-state index contributed by atoms with van der Waals surface area (Å²) in [5.41, 5.74) is 3.99. The summed E-state index contributed by atoms with van der Waals surface area (Å²) in [6.45, 7) is 8.67. The van der Waals surface area contributed by atoms with Crippen molar-refractivity contribution >= 4 is 72.6 Å². The molecule has 2 aromatic heterocycles. The summed E-state index contributed by atoms with van der Waals surface area (Å²) in [5, 5.41) is 26.7. The second-order valence-electron chi connectivity index (χ2n) is 18.9. The number of halogens is 2. The number of alkyl halides is 1. The highest BCUT2D eigenvalue weighted by Crippen LogP contribution is 2.44.